The third-order valence-corrected chi connectivity index (χ3v) is 7.28. The molecule has 0 aliphatic rings. The lowest BCUT2D eigenvalue weighted by molar-refractivity contribution is 0.628. The van der Waals surface area contributed by atoms with Gasteiger partial charge in [0.15, 0.2) is 0 Å². The molecule has 3 N–H and O–H groups in total. The maximum Gasteiger partial charge on any atom is 0.123 e. The Morgan fingerprint density at radius 2 is 1.81 bits per heavy atom. The molecule has 0 bridgehead atoms. The molecule has 210 valence electrons. The average molecular weight is 555 g/mol. The third-order valence-electron chi connectivity index (χ3n) is 7.28. The van der Waals surface area contributed by atoms with E-state index in [2.05, 4.69) is 70.1 Å². The molecule has 0 fully saturated rings. The van der Waals surface area contributed by atoms with E-state index in [-0.39, 0.29) is 5.82 Å². The zero-order chi connectivity index (χ0) is 29.5. The van der Waals surface area contributed by atoms with E-state index in [1.165, 1.54) is 11.6 Å². The Bertz CT molecular complexity index is 1920. The Morgan fingerprint density at radius 1 is 1.00 bits per heavy atom. The summed E-state index contributed by atoms with van der Waals surface area (Å²) >= 11 is 0. The summed E-state index contributed by atoms with van der Waals surface area (Å²) in [6.45, 7) is 13.9. The Morgan fingerprint density at radius 3 is 2.55 bits per heavy atom. The van der Waals surface area contributed by atoms with Gasteiger partial charge in [-0.1, -0.05) is 92.1 Å². The van der Waals surface area contributed by atoms with Gasteiger partial charge in [-0.3, -0.25) is 5.10 Å². The van der Waals surface area contributed by atoms with E-state index < -0.39 is 0 Å². The molecule has 4 nitrogen and oxygen atoms in total. The number of allylic oxidation sites excluding steroid dienone is 4. The monoisotopic (exact) mass is 554 g/mol. The number of aromatic amines is 2. The van der Waals surface area contributed by atoms with Crippen molar-refractivity contribution in [3.8, 4) is 22.5 Å². The van der Waals surface area contributed by atoms with Gasteiger partial charge in [0.1, 0.15) is 11.5 Å². The van der Waals surface area contributed by atoms with E-state index in [1.807, 2.05) is 68.5 Å². The van der Waals surface area contributed by atoms with Gasteiger partial charge in [-0.05, 0) is 77.6 Å². The van der Waals surface area contributed by atoms with Crippen molar-refractivity contribution in [3.05, 3.63) is 149 Å². The molecule has 0 atom stereocenters. The van der Waals surface area contributed by atoms with Crippen molar-refractivity contribution in [2.24, 2.45) is 0 Å². The second-order valence-electron chi connectivity index (χ2n) is 10.1. The first-order valence-corrected chi connectivity index (χ1v) is 14.0. The molecule has 0 saturated carbocycles. The molecule has 3 aromatic carbocycles. The normalized spacial score (nSPS) is 13.2. The number of H-pyrrole nitrogens is 2. The molecule has 0 amide bonds. The topological polar surface area (TPSA) is 56.5 Å². The van der Waals surface area contributed by atoms with Crippen LogP contribution in [0.1, 0.15) is 19.4 Å². The van der Waals surface area contributed by atoms with Crippen LogP contribution in [0.15, 0.2) is 127 Å². The lowest BCUT2D eigenvalue weighted by Gasteiger charge is -2.08. The minimum absolute atomic E-state index is 0.258. The molecule has 0 spiro atoms. The predicted molar refractivity (Wildman–Crippen MR) is 174 cm³/mol. The van der Waals surface area contributed by atoms with Crippen molar-refractivity contribution < 1.29 is 4.39 Å². The fraction of sp³-hybridized carbons (Fsp3) is 0.108. The van der Waals surface area contributed by atoms with E-state index >= 15 is 0 Å². The highest BCUT2D eigenvalue weighted by molar-refractivity contribution is 5.98. The minimum atomic E-state index is -0.258. The number of aromatic nitrogens is 3. The van der Waals surface area contributed by atoms with Gasteiger partial charge in [-0.25, -0.2) is 4.39 Å². The maximum absolute atomic E-state index is 14.0. The summed E-state index contributed by atoms with van der Waals surface area (Å²) in [5.74, 6) is -0.258. The quantitative estimate of drug-likeness (QED) is 0.158. The van der Waals surface area contributed by atoms with Crippen LogP contribution in [0.5, 0.6) is 0 Å². The van der Waals surface area contributed by atoms with Crippen molar-refractivity contribution >= 4 is 23.1 Å². The van der Waals surface area contributed by atoms with Crippen LogP contribution in [0.4, 0.5) is 4.39 Å². The van der Waals surface area contributed by atoms with E-state index in [4.69, 9.17) is 0 Å². The van der Waals surface area contributed by atoms with Crippen molar-refractivity contribution in [1.82, 2.24) is 20.5 Å². The number of fused-ring (bicyclic) bond motifs is 1. The summed E-state index contributed by atoms with van der Waals surface area (Å²) in [5.41, 5.74) is 8.58. The first-order valence-electron chi connectivity index (χ1n) is 14.0. The van der Waals surface area contributed by atoms with Crippen LogP contribution in [0.25, 0.3) is 45.6 Å². The van der Waals surface area contributed by atoms with Gasteiger partial charge in [0.2, 0.25) is 0 Å². The minimum Gasteiger partial charge on any atom is -0.353 e. The Labute approximate surface area is 246 Å². The van der Waals surface area contributed by atoms with E-state index in [0.29, 0.717) is 6.54 Å². The fourth-order valence-electron chi connectivity index (χ4n) is 5.07. The second-order valence-corrected chi connectivity index (χ2v) is 10.1. The van der Waals surface area contributed by atoms with Crippen LogP contribution in [-0.4, -0.2) is 21.7 Å². The van der Waals surface area contributed by atoms with Gasteiger partial charge in [0.05, 0.1) is 11.0 Å². The fourth-order valence-corrected chi connectivity index (χ4v) is 5.07. The highest BCUT2D eigenvalue weighted by atomic mass is 19.1. The number of nitrogens with zero attached hydrogens (tertiary/aromatic N) is 1. The average Bonchev–Trinajstić information content (AvgIpc) is 3.63. The number of benzene rings is 3. The van der Waals surface area contributed by atoms with Gasteiger partial charge < -0.3 is 10.3 Å². The zero-order valence-corrected chi connectivity index (χ0v) is 24.0. The molecule has 5 rings (SSSR count). The smallest absolute Gasteiger partial charge is 0.123 e. The molecule has 2 heterocycles. The highest BCUT2D eigenvalue weighted by Crippen LogP contribution is 2.31. The second kappa shape index (κ2) is 13.1. The van der Waals surface area contributed by atoms with Crippen LogP contribution in [0.2, 0.25) is 0 Å². The van der Waals surface area contributed by atoms with Crippen molar-refractivity contribution in [3.63, 3.8) is 0 Å². The summed E-state index contributed by atoms with van der Waals surface area (Å²) in [6.07, 6.45) is 10.1. The first-order chi connectivity index (χ1) is 20.5. The Hall–Kier alpha value is -5.00. The summed E-state index contributed by atoms with van der Waals surface area (Å²) in [7, 11) is 0. The van der Waals surface area contributed by atoms with Gasteiger partial charge in [0, 0.05) is 29.2 Å². The van der Waals surface area contributed by atoms with Gasteiger partial charge >= 0.3 is 0 Å². The van der Waals surface area contributed by atoms with Gasteiger partial charge in [-0.2, -0.15) is 5.10 Å². The molecule has 42 heavy (non-hydrogen) atoms. The Balaban J connectivity index is 1.46. The van der Waals surface area contributed by atoms with Crippen LogP contribution in [-0.2, 0) is 6.54 Å². The van der Waals surface area contributed by atoms with Crippen LogP contribution < -0.4 is 15.9 Å². The first kappa shape index (κ1) is 28.5. The van der Waals surface area contributed by atoms with Crippen molar-refractivity contribution in [2.75, 3.05) is 6.54 Å². The van der Waals surface area contributed by atoms with Crippen LogP contribution in [0.3, 0.4) is 0 Å². The lowest BCUT2D eigenvalue weighted by Crippen LogP contribution is -2.23. The van der Waals surface area contributed by atoms with Crippen molar-refractivity contribution in [1.29, 1.82) is 0 Å². The molecule has 5 heteroatoms. The Kier molecular flexibility index (Phi) is 8.90. The highest BCUT2D eigenvalue weighted by Gasteiger charge is 2.13. The van der Waals surface area contributed by atoms with Gasteiger partial charge in [-0.15, -0.1) is 0 Å². The number of nitrogens with one attached hydrogen (secondary N) is 3. The molecule has 2 aromatic heterocycles. The van der Waals surface area contributed by atoms with Crippen molar-refractivity contribution in [2.45, 2.75) is 20.4 Å². The number of hydrogen-bond donors (Lipinski definition) is 3. The number of hydrogen-bond acceptors (Lipinski definition) is 2. The number of halogens is 1. The molecule has 0 aliphatic carbocycles. The van der Waals surface area contributed by atoms with E-state index in [9.17, 15) is 4.39 Å². The lowest BCUT2D eigenvalue weighted by atomic mass is 10.0. The molecular weight excluding hydrogens is 519 g/mol. The zero-order valence-electron chi connectivity index (χ0n) is 24.0. The standard InChI is InChI=1S/C37H35FN4/c1-5-26(23-39-24-27-13-9-8-10-14-27)20-28(6-2)25(4)19-33-34(7-3)41-42-37(33)36-22-32-31(17-12-18-35(32)40-36)29-15-11-16-30(38)21-29/h5-22,39-41H,1,4,23-24H2,2-3H3/b26-20+,28-6+,33-19+,34-7+. The van der Waals surface area contributed by atoms with E-state index in [0.717, 1.165) is 67.2 Å². The number of rotatable bonds is 10. The molecule has 0 unspecified atom stereocenters. The SMILES string of the molecule is C=C/C(=C\C(=C/C)C(=C)/C=c1/c(-c2cc3c(-c4cccc(F)c4)cccc3[nH]2)n[nH]/c1=C/C)CNCc1ccccc1. The largest absolute Gasteiger partial charge is 0.353 e. The molecule has 0 aliphatic heterocycles. The molecule has 0 radical (unpaired) electrons. The molecule has 5 aromatic rings. The van der Waals surface area contributed by atoms with Crippen LogP contribution >= 0.6 is 0 Å². The van der Waals surface area contributed by atoms with Crippen LogP contribution in [0, 0.1) is 5.82 Å². The summed E-state index contributed by atoms with van der Waals surface area (Å²) in [6, 6.07) is 25.1. The summed E-state index contributed by atoms with van der Waals surface area (Å²) < 4.78 is 14.0. The molecular formula is C37H35FN4. The molecule has 0 saturated heterocycles. The van der Waals surface area contributed by atoms with E-state index in [1.54, 1.807) is 12.1 Å². The maximum atomic E-state index is 14.0. The predicted octanol–water partition coefficient (Wildman–Crippen LogP) is 7.35. The summed E-state index contributed by atoms with van der Waals surface area (Å²) in [4.78, 5) is 3.52. The third kappa shape index (κ3) is 6.32. The summed E-state index contributed by atoms with van der Waals surface area (Å²) in [5, 5.41) is 14.2. The van der Waals surface area contributed by atoms with Gasteiger partial charge in [0.25, 0.3) is 0 Å².